The lowest BCUT2D eigenvalue weighted by Gasteiger charge is -2.22. The number of rotatable bonds is 2. The molecule has 2 N–H and O–H groups in total. The Kier molecular flexibility index (Phi) is 4.80. The smallest absolute Gasteiger partial charge is 0.259 e. The van der Waals surface area contributed by atoms with Crippen LogP contribution in [0.4, 0.5) is 5.95 Å². The van der Waals surface area contributed by atoms with Gasteiger partial charge in [-0.05, 0) is 32.0 Å². The van der Waals surface area contributed by atoms with E-state index in [2.05, 4.69) is 20.3 Å². The number of nitrogens with one attached hydrogen (secondary N) is 2. The largest absolute Gasteiger partial charge is 0.347 e. The number of aromatic nitrogens is 3. The van der Waals surface area contributed by atoms with Gasteiger partial charge >= 0.3 is 0 Å². The van der Waals surface area contributed by atoms with Gasteiger partial charge in [-0.1, -0.05) is 0 Å². The van der Waals surface area contributed by atoms with Crippen LogP contribution in [-0.4, -0.2) is 42.1 Å². The number of pyridine rings is 1. The Morgan fingerprint density at radius 3 is 2.67 bits per heavy atom. The number of hydrogen-bond acceptors (Lipinski definition) is 5. The molecule has 0 unspecified atom stereocenters. The quantitative estimate of drug-likeness (QED) is 0.874. The molecule has 0 saturated carbocycles. The van der Waals surface area contributed by atoms with Gasteiger partial charge in [-0.25, -0.2) is 9.97 Å². The van der Waals surface area contributed by atoms with Gasteiger partial charge in [0.1, 0.15) is 0 Å². The lowest BCUT2D eigenvalue weighted by atomic mass is 9.94. The Bertz CT molecular complexity index is 679. The summed E-state index contributed by atoms with van der Waals surface area (Å²) in [6, 6.07) is 2.00. The van der Waals surface area contributed by atoms with Gasteiger partial charge in [0.15, 0.2) is 0 Å². The molecule has 0 aromatic carbocycles. The summed E-state index contributed by atoms with van der Waals surface area (Å²) in [5, 5.41) is 3.89. The Labute approximate surface area is 129 Å². The van der Waals surface area contributed by atoms with Crippen molar-refractivity contribution in [2.45, 2.75) is 18.8 Å². The van der Waals surface area contributed by atoms with Gasteiger partial charge in [0.2, 0.25) is 5.95 Å². The third-order valence-corrected chi connectivity index (χ3v) is 3.78. The minimum atomic E-state index is -0.0960. The number of nitrogens with zero attached hydrogens (tertiary/aromatic N) is 3. The second kappa shape index (κ2) is 6.41. The average Bonchev–Trinajstić information content (AvgIpc) is 2.47. The third kappa shape index (κ3) is 3.16. The van der Waals surface area contributed by atoms with Crippen LogP contribution < -0.4 is 15.8 Å². The van der Waals surface area contributed by atoms with Crippen molar-refractivity contribution in [1.82, 2.24) is 20.3 Å². The first-order chi connectivity index (χ1) is 9.65. The fourth-order valence-corrected chi connectivity index (χ4v) is 2.62. The Morgan fingerprint density at radius 1 is 1.29 bits per heavy atom. The van der Waals surface area contributed by atoms with E-state index in [1.807, 2.05) is 25.1 Å². The van der Waals surface area contributed by atoms with Gasteiger partial charge in [0.05, 0.1) is 10.9 Å². The Morgan fingerprint density at radius 2 is 2.00 bits per heavy atom. The molecule has 1 saturated heterocycles. The summed E-state index contributed by atoms with van der Waals surface area (Å²) in [7, 11) is 3.78. The molecule has 1 aliphatic heterocycles. The topological polar surface area (TPSA) is 73.9 Å². The molecule has 3 rings (SSSR count). The van der Waals surface area contributed by atoms with Crippen LogP contribution in [0.3, 0.4) is 0 Å². The molecular weight excluding hydrogens is 290 g/mol. The zero-order valence-corrected chi connectivity index (χ0v) is 13.0. The van der Waals surface area contributed by atoms with E-state index in [-0.39, 0.29) is 18.0 Å². The van der Waals surface area contributed by atoms with Crippen molar-refractivity contribution >= 4 is 29.3 Å². The van der Waals surface area contributed by atoms with Gasteiger partial charge < -0.3 is 15.2 Å². The number of hydrogen-bond donors (Lipinski definition) is 2. The van der Waals surface area contributed by atoms with Crippen molar-refractivity contribution in [3.05, 3.63) is 28.3 Å². The van der Waals surface area contributed by atoms with E-state index in [1.54, 1.807) is 6.20 Å². The van der Waals surface area contributed by atoms with Gasteiger partial charge in [-0.2, -0.15) is 0 Å². The van der Waals surface area contributed by atoms with Crippen LogP contribution in [0, 0.1) is 0 Å². The molecule has 21 heavy (non-hydrogen) atoms. The number of aromatic amines is 1. The summed E-state index contributed by atoms with van der Waals surface area (Å²) in [5.74, 6) is 1.03. The molecule has 2 aromatic heterocycles. The second-order valence-electron chi connectivity index (χ2n) is 5.44. The van der Waals surface area contributed by atoms with Gasteiger partial charge in [0, 0.05) is 31.9 Å². The predicted octanol–water partition coefficient (Wildman–Crippen LogP) is 1.27. The van der Waals surface area contributed by atoms with Gasteiger partial charge in [0.25, 0.3) is 5.56 Å². The van der Waals surface area contributed by atoms with Crippen LogP contribution in [0.15, 0.2) is 17.1 Å². The fraction of sp³-hybridized carbons (Fsp3) is 0.500. The maximum absolute atomic E-state index is 12.2. The van der Waals surface area contributed by atoms with Gasteiger partial charge in [-0.3, -0.25) is 4.79 Å². The van der Waals surface area contributed by atoms with E-state index >= 15 is 0 Å². The molecule has 0 spiro atoms. The zero-order valence-electron chi connectivity index (χ0n) is 12.2. The molecule has 0 bridgehead atoms. The molecule has 0 aliphatic carbocycles. The summed E-state index contributed by atoms with van der Waals surface area (Å²) in [6.45, 7) is 1.99. The van der Waals surface area contributed by atoms with Crippen LogP contribution in [-0.2, 0) is 0 Å². The maximum atomic E-state index is 12.2. The molecule has 7 heteroatoms. The van der Waals surface area contributed by atoms with E-state index in [1.165, 1.54) is 0 Å². The normalized spacial score (nSPS) is 15.7. The second-order valence-corrected chi connectivity index (χ2v) is 5.44. The molecule has 3 heterocycles. The molecule has 0 amide bonds. The van der Waals surface area contributed by atoms with E-state index < -0.39 is 0 Å². The van der Waals surface area contributed by atoms with Crippen molar-refractivity contribution in [1.29, 1.82) is 0 Å². The first-order valence-corrected chi connectivity index (χ1v) is 6.93. The molecule has 0 atom stereocenters. The van der Waals surface area contributed by atoms with Gasteiger partial charge in [-0.15, -0.1) is 12.4 Å². The highest BCUT2D eigenvalue weighted by Gasteiger charge is 2.17. The van der Waals surface area contributed by atoms with Crippen LogP contribution in [0.2, 0.25) is 0 Å². The summed E-state index contributed by atoms with van der Waals surface area (Å²) in [6.07, 6.45) is 3.70. The van der Waals surface area contributed by atoms with Crippen LogP contribution in [0.1, 0.15) is 24.5 Å². The third-order valence-electron chi connectivity index (χ3n) is 3.78. The van der Waals surface area contributed by atoms with E-state index in [0.717, 1.165) is 37.1 Å². The zero-order chi connectivity index (χ0) is 14.1. The van der Waals surface area contributed by atoms with E-state index in [4.69, 9.17) is 0 Å². The van der Waals surface area contributed by atoms with E-state index in [9.17, 15) is 4.79 Å². The number of anilines is 1. The lowest BCUT2D eigenvalue weighted by molar-refractivity contribution is 0.453. The van der Waals surface area contributed by atoms with Crippen molar-refractivity contribution in [3.63, 3.8) is 0 Å². The van der Waals surface area contributed by atoms with Crippen LogP contribution >= 0.6 is 12.4 Å². The highest BCUT2D eigenvalue weighted by Crippen LogP contribution is 2.24. The lowest BCUT2D eigenvalue weighted by Crippen LogP contribution is -2.28. The fourth-order valence-electron chi connectivity index (χ4n) is 2.62. The summed E-state index contributed by atoms with van der Waals surface area (Å²) in [5.41, 5.74) is 1.62. The van der Waals surface area contributed by atoms with Crippen molar-refractivity contribution < 1.29 is 0 Å². The molecule has 2 aromatic rings. The molecule has 1 aliphatic rings. The first-order valence-electron chi connectivity index (χ1n) is 6.93. The first kappa shape index (κ1) is 15.7. The summed E-state index contributed by atoms with van der Waals surface area (Å²) in [4.78, 5) is 25.7. The summed E-state index contributed by atoms with van der Waals surface area (Å²) >= 11 is 0. The molecule has 1 fully saturated rings. The monoisotopic (exact) mass is 309 g/mol. The van der Waals surface area contributed by atoms with E-state index in [0.29, 0.717) is 17.3 Å². The van der Waals surface area contributed by atoms with Crippen LogP contribution in [0.5, 0.6) is 0 Å². The highest BCUT2D eigenvalue weighted by atomic mass is 35.5. The molecule has 6 nitrogen and oxygen atoms in total. The minimum Gasteiger partial charge on any atom is -0.347 e. The number of piperidine rings is 1. The molecule has 114 valence electrons. The maximum Gasteiger partial charge on any atom is 0.259 e. The molecule has 0 radical (unpaired) electrons. The minimum absolute atomic E-state index is 0. The average molecular weight is 310 g/mol. The SMILES string of the molecule is CN(C)c1ncc2c(=O)[nH]c(C3CCNCC3)cc2n1.Cl. The van der Waals surface area contributed by atoms with Crippen molar-refractivity contribution in [3.8, 4) is 0 Å². The Hall–Kier alpha value is -1.66. The number of H-pyrrole nitrogens is 1. The van der Waals surface area contributed by atoms with Crippen LogP contribution in [0.25, 0.3) is 10.9 Å². The van der Waals surface area contributed by atoms with Crippen molar-refractivity contribution in [2.24, 2.45) is 0 Å². The highest BCUT2D eigenvalue weighted by molar-refractivity contribution is 5.85. The molecular formula is C14H20ClN5O. The Balaban J connectivity index is 0.00000161. The summed E-state index contributed by atoms with van der Waals surface area (Å²) < 4.78 is 0. The standard InChI is InChI=1S/C14H19N5O.ClH/c1-19(2)14-16-8-10-12(18-14)7-11(17-13(10)20)9-3-5-15-6-4-9;/h7-9,15H,3-6H2,1-2H3,(H,17,20);1H. The number of fused-ring (bicyclic) bond motifs is 1. The van der Waals surface area contributed by atoms with Crippen molar-refractivity contribution in [2.75, 3.05) is 32.1 Å². The number of halogens is 1. The predicted molar refractivity (Wildman–Crippen MR) is 86.6 cm³/mol.